The minimum atomic E-state index is -0.235. The molecule has 4 aromatic rings. The van der Waals surface area contributed by atoms with Gasteiger partial charge in [-0.05, 0) is 25.1 Å². The zero-order chi connectivity index (χ0) is 20.0. The fourth-order valence-electron chi connectivity index (χ4n) is 3.83. The van der Waals surface area contributed by atoms with Crippen molar-refractivity contribution < 1.29 is 4.79 Å². The summed E-state index contributed by atoms with van der Waals surface area (Å²) in [6, 6.07) is 5.53. The van der Waals surface area contributed by atoms with E-state index in [0.29, 0.717) is 27.4 Å². The predicted molar refractivity (Wildman–Crippen MR) is 114 cm³/mol. The summed E-state index contributed by atoms with van der Waals surface area (Å²) in [4.78, 5) is 19.7. The van der Waals surface area contributed by atoms with Gasteiger partial charge in [0.1, 0.15) is 5.52 Å². The Morgan fingerprint density at radius 3 is 2.90 bits per heavy atom. The van der Waals surface area contributed by atoms with Crippen LogP contribution in [0.2, 0.25) is 5.02 Å². The lowest BCUT2D eigenvalue weighted by molar-refractivity contribution is 0.102. The Bertz CT molecular complexity index is 1220. The largest absolute Gasteiger partial charge is 0.368 e. The van der Waals surface area contributed by atoms with Gasteiger partial charge in [-0.2, -0.15) is 5.10 Å². The van der Waals surface area contributed by atoms with Crippen molar-refractivity contribution in [3.05, 3.63) is 53.1 Å². The first-order valence-electron chi connectivity index (χ1n) is 9.48. The first-order valence-corrected chi connectivity index (χ1v) is 9.86. The molecule has 0 radical (unpaired) electrons. The molecule has 4 heterocycles. The van der Waals surface area contributed by atoms with E-state index in [4.69, 9.17) is 11.6 Å². The molecule has 0 spiro atoms. The number of anilines is 2. The van der Waals surface area contributed by atoms with Crippen molar-refractivity contribution in [2.45, 2.75) is 6.92 Å². The van der Waals surface area contributed by atoms with E-state index in [9.17, 15) is 4.79 Å². The van der Waals surface area contributed by atoms with Crippen molar-refractivity contribution in [3.63, 3.8) is 0 Å². The molecule has 1 aliphatic heterocycles. The lowest BCUT2D eigenvalue weighted by atomic mass is 10.1. The molecule has 29 heavy (non-hydrogen) atoms. The fourth-order valence-corrected chi connectivity index (χ4v) is 4.09. The Morgan fingerprint density at radius 1 is 1.24 bits per heavy atom. The van der Waals surface area contributed by atoms with Crippen LogP contribution in [0.3, 0.4) is 0 Å². The van der Waals surface area contributed by atoms with Crippen molar-refractivity contribution in [1.29, 1.82) is 0 Å². The zero-order valence-electron chi connectivity index (χ0n) is 15.9. The highest BCUT2D eigenvalue weighted by Gasteiger charge is 2.19. The third kappa shape index (κ3) is 3.20. The highest BCUT2D eigenvalue weighted by molar-refractivity contribution is 6.33. The Balaban J connectivity index is 1.48. The van der Waals surface area contributed by atoms with Gasteiger partial charge in [0, 0.05) is 55.8 Å². The van der Waals surface area contributed by atoms with Gasteiger partial charge < -0.3 is 19.9 Å². The number of piperazine rings is 1. The number of carbonyl (C=O) groups excluding carboxylic acids is 1. The molecule has 1 aromatic carbocycles. The second-order valence-corrected chi connectivity index (χ2v) is 7.57. The van der Waals surface area contributed by atoms with Crippen molar-refractivity contribution in [3.8, 4) is 0 Å². The molecular weight excluding hydrogens is 390 g/mol. The number of hydrogen-bond acceptors (Lipinski definition) is 5. The summed E-state index contributed by atoms with van der Waals surface area (Å²) < 4.78 is 1.81. The van der Waals surface area contributed by atoms with Crippen LogP contribution in [0.1, 0.15) is 16.1 Å². The van der Waals surface area contributed by atoms with Crippen LogP contribution in [0.5, 0.6) is 0 Å². The maximum atomic E-state index is 13.0. The highest BCUT2D eigenvalue weighted by atomic mass is 35.5. The van der Waals surface area contributed by atoms with Gasteiger partial charge in [-0.1, -0.05) is 11.6 Å². The summed E-state index contributed by atoms with van der Waals surface area (Å²) in [5.74, 6) is -0.235. The zero-order valence-corrected chi connectivity index (χ0v) is 16.6. The first-order chi connectivity index (χ1) is 14.1. The third-order valence-electron chi connectivity index (χ3n) is 5.17. The van der Waals surface area contributed by atoms with E-state index >= 15 is 0 Å². The molecule has 8 nitrogen and oxygen atoms in total. The number of rotatable bonds is 3. The van der Waals surface area contributed by atoms with E-state index in [1.807, 2.05) is 35.9 Å². The second kappa shape index (κ2) is 7.06. The number of aromatic nitrogens is 4. The molecule has 5 rings (SSSR count). The number of H-pyrrole nitrogens is 1. The van der Waals surface area contributed by atoms with Crippen LogP contribution in [-0.2, 0) is 0 Å². The number of benzene rings is 1. The van der Waals surface area contributed by atoms with Gasteiger partial charge in [-0.15, -0.1) is 0 Å². The monoisotopic (exact) mass is 409 g/mol. The summed E-state index contributed by atoms with van der Waals surface area (Å²) in [7, 11) is 0. The summed E-state index contributed by atoms with van der Waals surface area (Å²) in [5.41, 5.74) is 4.38. The van der Waals surface area contributed by atoms with Gasteiger partial charge in [-0.25, -0.2) is 4.98 Å². The molecule has 1 fully saturated rings. The van der Waals surface area contributed by atoms with Crippen LogP contribution in [0.25, 0.3) is 16.6 Å². The molecule has 3 aromatic heterocycles. The van der Waals surface area contributed by atoms with Crippen LogP contribution in [0.4, 0.5) is 11.4 Å². The molecule has 1 amide bonds. The molecule has 9 heteroatoms. The third-order valence-corrected chi connectivity index (χ3v) is 5.44. The van der Waals surface area contributed by atoms with E-state index in [0.717, 1.165) is 42.9 Å². The number of pyridine rings is 1. The molecule has 0 saturated carbocycles. The van der Waals surface area contributed by atoms with Crippen LogP contribution in [0.15, 0.2) is 36.8 Å². The Labute approximate surface area is 171 Å². The lowest BCUT2D eigenvalue weighted by Gasteiger charge is -2.30. The number of fused-ring (bicyclic) bond motifs is 2. The van der Waals surface area contributed by atoms with Gasteiger partial charge in [-0.3, -0.25) is 9.89 Å². The number of carbonyl (C=O) groups is 1. The number of aryl methyl sites for hydroxylation is 1. The van der Waals surface area contributed by atoms with Crippen LogP contribution in [-0.4, -0.2) is 51.7 Å². The second-order valence-electron chi connectivity index (χ2n) is 7.16. The van der Waals surface area contributed by atoms with E-state index in [-0.39, 0.29) is 5.91 Å². The number of amides is 1. The summed E-state index contributed by atoms with van der Waals surface area (Å²) in [6.07, 6.45) is 5.52. The number of imidazole rings is 1. The molecule has 0 atom stereocenters. The number of nitrogens with one attached hydrogen (secondary N) is 3. The Morgan fingerprint density at radius 2 is 2.07 bits per heavy atom. The van der Waals surface area contributed by atoms with Gasteiger partial charge in [0.2, 0.25) is 0 Å². The molecule has 3 N–H and O–H groups in total. The van der Waals surface area contributed by atoms with Gasteiger partial charge in [0.05, 0.1) is 22.0 Å². The highest BCUT2D eigenvalue weighted by Crippen LogP contribution is 2.29. The van der Waals surface area contributed by atoms with E-state index in [1.54, 1.807) is 12.3 Å². The lowest BCUT2D eigenvalue weighted by Crippen LogP contribution is -2.43. The topological polar surface area (TPSA) is 90.3 Å². The minimum absolute atomic E-state index is 0.235. The summed E-state index contributed by atoms with van der Waals surface area (Å²) in [5, 5.41) is 15.0. The number of aromatic amines is 1. The van der Waals surface area contributed by atoms with Crippen LogP contribution < -0.4 is 15.5 Å². The minimum Gasteiger partial charge on any atom is -0.368 e. The van der Waals surface area contributed by atoms with Gasteiger partial charge >= 0.3 is 0 Å². The molecule has 0 aliphatic carbocycles. The predicted octanol–water partition coefficient (Wildman–Crippen LogP) is 2.83. The van der Waals surface area contributed by atoms with Crippen molar-refractivity contribution in [2.24, 2.45) is 0 Å². The molecule has 1 aliphatic rings. The molecule has 0 unspecified atom stereocenters. The number of halogens is 1. The fraction of sp³-hybridized carbons (Fsp3) is 0.250. The average Bonchev–Trinajstić information content (AvgIpc) is 3.34. The van der Waals surface area contributed by atoms with Crippen LogP contribution in [0, 0.1) is 6.92 Å². The average molecular weight is 410 g/mol. The molecular formula is C20H20ClN7O. The van der Waals surface area contributed by atoms with E-state index < -0.39 is 0 Å². The summed E-state index contributed by atoms with van der Waals surface area (Å²) in [6.45, 7) is 5.64. The van der Waals surface area contributed by atoms with Crippen LogP contribution >= 0.6 is 11.6 Å². The first kappa shape index (κ1) is 18.0. The van der Waals surface area contributed by atoms with Gasteiger partial charge in [0.15, 0.2) is 5.65 Å². The number of hydrogen-bond donors (Lipinski definition) is 3. The Kier molecular flexibility index (Phi) is 4.37. The van der Waals surface area contributed by atoms with E-state index in [1.165, 1.54) is 0 Å². The SMILES string of the molecule is Cc1cn2cc(NC(=O)c3ccc(N4CCNCC4)c4c[nH]nc34)cc(Cl)c2n1. The molecule has 0 bridgehead atoms. The number of nitrogens with zero attached hydrogens (tertiary/aromatic N) is 4. The van der Waals surface area contributed by atoms with Gasteiger partial charge in [0.25, 0.3) is 5.91 Å². The quantitative estimate of drug-likeness (QED) is 0.484. The van der Waals surface area contributed by atoms with Crippen molar-refractivity contribution >= 4 is 45.4 Å². The Hall–Kier alpha value is -3.10. The maximum Gasteiger partial charge on any atom is 0.257 e. The maximum absolute atomic E-state index is 13.0. The van der Waals surface area contributed by atoms with Crippen molar-refractivity contribution in [2.75, 3.05) is 36.4 Å². The van der Waals surface area contributed by atoms with Crippen molar-refractivity contribution in [1.82, 2.24) is 24.9 Å². The molecule has 1 saturated heterocycles. The molecule has 148 valence electrons. The standard InChI is InChI=1S/C20H20ClN7O/c1-12-10-28-11-13(8-16(21)19(28)24-12)25-20(29)14-2-3-17(15-9-23-26-18(14)15)27-6-4-22-5-7-27/h2-3,8-11,22H,4-7H2,1H3,(H,23,26)(H,25,29). The smallest absolute Gasteiger partial charge is 0.257 e. The normalized spacial score (nSPS) is 14.6. The van der Waals surface area contributed by atoms with E-state index in [2.05, 4.69) is 30.7 Å². The summed E-state index contributed by atoms with van der Waals surface area (Å²) >= 11 is 6.33.